The molecule has 122 valence electrons. The van der Waals surface area contributed by atoms with E-state index in [1.54, 1.807) is 0 Å². The van der Waals surface area contributed by atoms with Gasteiger partial charge in [0.15, 0.2) is 19.6 Å². The van der Waals surface area contributed by atoms with Crippen LogP contribution in [0.25, 0.3) is 0 Å². The van der Waals surface area contributed by atoms with Crippen LogP contribution >= 0.6 is 0 Å². The first kappa shape index (κ1) is 17.6. The normalized spacial score (nSPS) is 14.3. The SMILES string of the molecule is Cc1ccc(C(C)(O[Si](C)(C)C)C(=[NH2+])Cc2ccccc2)cc1. The highest BCUT2D eigenvalue weighted by atomic mass is 28.4. The fraction of sp³-hybridized carbons (Fsp3) is 0.350. The third-order valence-corrected chi connectivity index (χ3v) is 4.98. The van der Waals surface area contributed by atoms with Crippen LogP contribution in [0, 0.1) is 6.92 Å². The topological polar surface area (TPSA) is 34.8 Å². The summed E-state index contributed by atoms with van der Waals surface area (Å²) >= 11 is 0. The van der Waals surface area contributed by atoms with Crippen LogP contribution in [-0.4, -0.2) is 14.0 Å². The van der Waals surface area contributed by atoms with Crippen molar-refractivity contribution >= 4 is 14.0 Å². The van der Waals surface area contributed by atoms with Crippen molar-refractivity contribution < 1.29 is 9.84 Å². The molecule has 23 heavy (non-hydrogen) atoms. The van der Waals surface area contributed by atoms with E-state index in [4.69, 9.17) is 9.84 Å². The third kappa shape index (κ3) is 4.63. The van der Waals surface area contributed by atoms with E-state index in [1.165, 1.54) is 11.1 Å². The van der Waals surface area contributed by atoms with Gasteiger partial charge in [-0.05, 0) is 44.6 Å². The Balaban J connectivity index is 2.36. The number of hydrogen-bond donors (Lipinski definition) is 1. The van der Waals surface area contributed by atoms with Crippen molar-refractivity contribution in [2.45, 2.75) is 45.5 Å². The Labute approximate surface area is 141 Å². The van der Waals surface area contributed by atoms with E-state index < -0.39 is 13.9 Å². The van der Waals surface area contributed by atoms with E-state index >= 15 is 0 Å². The van der Waals surface area contributed by atoms with E-state index in [0.29, 0.717) is 0 Å². The van der Waals surface area contributed by atoms with Gasteiger partial charge in [-0.1, -0.05) is 60.2 Å². The van der Waals surface area contributed by atoms with Gasteiger partial charge in [0.05, 0.1) is 6.42 Å². The molecule has 0 aliphatic carbocycles. The van der Waals surface area contributed by atoms with Crippen molar-refractivity contribution in [2.75, 3.05) is 0 Å². The fourth-order valence-electron chi connectivity index (χ4n) is 2.78. The highest BCUT2D eigenvalue weighted by molar-refractivity contribution is 6.70. The highest BCUT2D eigenvalue weighted by Crippen LogP contribution is 2.31. The predicted molar refractivity (Wildman–Crippen MR) is 100 cm³/mol. The van der Waals surface area contributed by atoms with E-state index in [2.05, 4.69) is 69.9 Å². The van der Waals surface area contributed by atoms with Gasteiger partial charge in [-0.15, -0.1) is 0 Å². The van der Waals surface area contributed by atoms with Crippen LogP contribution in [0.5, 0.6) is 0 Å². The summed E-state index contributed by atoms with van der Waals surface area (Å²) in [6, 6.07) is 18.8. The average molecular weight is 327 g/mol. The van der Waals surface area contributed by atoms with E-state index in [9.17, 15) is 0 Å². The van der Waals surface area contributed by atoms with Crippen molar-refractivity contribution in [1.82, 2.24) is 0 Å². The number of nitrogens with two attached hydrogens (primary N) is 1. The molecule has 0 bridgehead atoms. The minimum absolute atomic E-state index is 0.561. The van der Waals surface area contributed by atoms with Crippen LogP contribution in [0.4, 0.5) is 0 Å². The summed E-state index contributed by atoms with van der Waals surface area (Å²) < 4.78 is 6.56. The molecular weight excluding hydrogens is 298 g/mol. The maximum Gasteiger partial charge on any atom is 0.189 e. The molecule has 0 aromatic heterocycles. The average Bonchev–Trinajstić information content (AvgIpc) is 2.47. The van der Waals surface area contributed by atoms with E-state index in [0.717, 1.165) is 17.7 Å². The molecule has 0 aliphatic heterocycles. The van der Waals surface area contributed by atoms with E-state index in [-0.39, 0.29) is 0 Å². The molecular formula is C20H28NOSi+. The first-order chi connectivity index (χ1) is 10.7. The molecule has 1 unspecified atom stereocenters. The molecule has 0 radical (unpaired) electrons. The van der Waals surface area contributed by atoms with Gasteiger partial charge in [-0.2, -0.15) is 0 Å². The lowest BCUT2D eigenvalue weighted by molar-refractivity contribution is -0.134. The summed E-state index contributed by atoms with van der Waals surface area (Å²) in [5.41, 5.74) is 3.87. The van der Waals surface area contributed by atoms with Gasteiger partial charge in [0.1, 0.15) is 0 Å². The van der Waals surface area contributed by atoms with E-state index in [1.807, 2.05) is 18.2 Å². The highest BCUT2D eigenvalue weighted by Gasteiger charge is 2.40. The third-order valence-electron chi connectivity index (χ3n) is 3.96. The van der Waals surface area contributed by atoms with Crippen LogP contribution < -0.4 is 5.41 Å². The summed E-state index contributed by atoms with van der Waals surface area (Å²) in [5, 5.41) is 6.58. The molecule has 2 N–H and O–H groups in total. The molecule has 0 heterocycles. The minimum Gasteiger partial charge on any atom is -0.400 e. The molecule has 1 atom stereocenters. The molecule has 2 aromatic rings. The largest absolute Gasteiger partial charge is 0.400 e. The van der Waals surface area contributed by atoms with Gasteiger partial charge in [-0.3, -0.25) is 5.41 Å². The van der Waals surface area contributed by atoms with Crippen LogP contribution in [-0.2, 0) is 16.4 Å². The molecule has 0 saturated heterocycles. The van der Waals surface area contributed by atoms with Gasteiger partial charge < -0.3 is 4.43 Å². The Hall–Kier alpha value is -1.71. The second-order valence-electron chi connectivity index (χ2n) is 7.30. The van der Waals surface area contributed by atoms with Gasteiger partial charge in [0, 0.05) is 0 Å². The van der Waals surface area contributed by atoms with Crippen molar-refractivity contribution in [1.29, 1.82) is 0 Å². The first-order valence-electron chi connectivity index (χ1n) is 8.14. The molecule has 0 saturated carbocycles. The lowest BCUT2D eigenvalue weighted by Gasteiger charge is -2.34. The quantitative estimate of drug-likeness (QED) is 0.640. The zero-order valence-corrected chi connectivity index (χ0v) is 15.9. The fourth-order valence-corrected chi connectivity index (χ4v) is 4.25. The second-order valence-corrected chi connectivity index (χ2v) is 11.7. The maximum atomic E-state index is 6.58. The molecule has 2 aromatic carbocycles. The number of benzene rings is 2. The smallest absolute Gasteiger partial charge is 0.189 e. The number of hydrogen-bond acceptors (Lipinski definition) is 1. The van der Waals surface area contributed by atoms with Crippen LogP contribution in [0.1, 0.15) is 23.6 Å². The van der Waals surface area contributed by atoms with Crippen LogP contribution in [0.2, 0.25) is 19.6 Å². The molecule has 0 amide bonds. The molecule has 0 aliphatic rings. The second kappa shape index (κ2) is 6.81. The zero-order chi connectivity index (χ0) is 17.1. The summed E-state index contributed by atoms with van der Waals surface area (Å²) in [5.74, 6) is 0. The van der Waals surface area contributed by atoms with Crippen LogP contribution in [0.3, 0.4) is 0 Å². The van der Waals surface area contributed by atoms with Crippen molar-refractivity contribution in [3.63, 3.8) is 0 Å². The van der Waals surface area contributed by atoms with Gasteiger partial charge >= 0.3 is 0 Å². The zero-order valence-electron chi connectivity index (χ0n) is 14.9. The van der Waals surface area contributed by atoms with Gasteiger partial charge in [-0.25, -0.2) is 0 Å². The lowest BCUT2D eigenvalue weighted by Crippen LogP contribution is -2.57. The summed E-state index contributed by atoms with van der Waals surface area (Å²) in [6.45, 7) is 10.8. The molecule has 2 rings (SSSR count). The van der Waals surface area contributed by atoms with Crippen molar-refractivity contribution in [2.24, 2.45) is 0 Å². The van der Waals surface area contributed by atoms with Crippen molar-refractivity contribution in [3.05, 3.63) is 71.3 Å². The lowest BCUT2D eigenvalue weighted by atomic mass is 9.87. The Kier molecular flexibility index (Phi) is 5.22. The monoisotopic (exact) mass is 326 g/mol. The molecule has 3 heteroatoms. The Morgan fingerprint density at radius 1 is 1.00 bits per heavy atom. The van der Waals surface area contributed by atoms with Crippen molar-refractivity contribution in [3.8, 4) is 0 Å². The Morgan fingerprint density at radius 2 is 1.57 bits per heavy atom. The first-order valence-corrected chi connectivity index (χ1v) is 11.5. The summed E-state index contributed by atoms with van der Waals surface area (Å²) in [7, 11) is -1.77. The Morgan fingerprint density at radius 3 is 2.09 bits per heavy atom. The minimum atomic E-state index is -1.77. The number of rotatable bonds is 6. The van der Waals surface area contributed by atoms with Crippen LogP contribution in [0.15, 0.2) is 54.6 Å². The summed E-state index contributed by atoms with van der Waals surface area (Å²) in [6.07, 6.45) is 0.718. The van der Waals surface area contributed by atoms with Gasteiger partial charge in [0.25, 0.3) is 0 Å². The Bertz CT molecular complexity index is 658. The summed E-state index contributed by atoms with van der Waals surface area (Å²) in [4.78, 5) is 0. The standard InChI is InChI=1S/C20H27NOSi/c1-16-11-13-18(14-12-16)20(2,22-23(3,4)5)19(21)15-17-9-7-6-8-10-17/h6-14,21H,15H2,1-5H3/p+1. The predicted octanol–water partition coefficient (Wildman–Crippen LogP) is 3.50. The molecule has 0 fully saturated rings. The maximum absolute atomic E-state index is 6.58. The van der Waals surface area contributed by atoms with Gasteiger partial charge in [0.2, 0.25) is 0 Å². The molecule has 0 spiro atoms. The molecule has 2 nitrogen and oxygen atoms in total. The number of aryl methyl sites for hydroxylation is 1.